The smallest absolute Gasteiger partial charge is 0.408 e. The van der Waals surface area contributed by atoms with Crippen LogP contribution in [-0.2, 0) is 19.1 Å². The summed E-state index contributed by atoms with van der Waals surface area (Å²) in [5.41, 5.74) is -0.720. The maximum Gasteiger partial charge on any atom is 0.408 e. The number of aliphatic imine (C=N–C) groups is 1. The Balaban J connectivity index is 1.19. The number of aromatic nitrogens is 1. The van der Waals surface area contributed by atoms with Crippen molar-refractivity contribution in [3.05, 3.63) is 41.6 Å². The highest BCUT2D eigenvalue weighted by molar-refractivity contribution is 8.14. The largest absolute Gasteiger partial charge is 0.495 e. The molecule has 5 aliphatic rings. The van der Waals surface area contributed by atoms with E-state index in [4.69, 9.17) is 35.8 Å². The Kier molecular flexibility index (Phi) is 10.4. The number of hydrogen-bond acceptors (Lipinski definition) is 10. The average molecular weight is 780 g/mol. The van der Waals surface area contributed by atoms with E-state index in [1.165, 1.54) is 18.4 Å². The molecule has 2 aromatic rings. The van der Waals surface area contributed by atoms with Crippen LogP contribution in [0.15, 0.2) is 35.8 Å². The lowest BCUT2D eigenvalue weighted by molar-refractivity contribution is -0.142. The number of carbonyl (C=O) groups is 4. The first-order chi connectivity index (χ1) is 25.6. The van der Waals surface area contributed by atoms with Crippen LogP contribution < -0.4 is 20.1 Å². The number of fused-ring (bicyclic) bond motifs is 2. The fourth-order valence-electron chi connectivity index (χ4n) is 8.09. The van der Waals surface area contributed by atoms with Crippen molar-refractivity contribution in [2.75, 3.05) is 19.4 Å². The van der Waals surface area contributed by atoms with E-state index in [0.29, 0.717) is 57.3 Å². The topological polar surface area (TPSA) is 149 Å². The molecule has 3 amide bonds. The second-order valence-corrected chi connectivity index (χ2v) is 18.3. The molecule has 3 heterocycles. The number of carbonyl (C=O) groups excluding carboxylic acids is 4. The number of amides is 3. The number of halogens is 1. The molecular weight excluding hydrogens is 730 g/mol. The van der Waals surface area contributed by atoms with Crippen molar-refractivity contribution in [2.45, 2.75) is 103 Å². The van der Waals surface area contributed by atoms with Gasteiger partial charge in [0, 0.05) is 29.5 Å². The number of hydrogen-bond donors (Lipinski definition) is 2. The van der Waals surface area contributed by atoms with Crippen molar-refractivity contribution in [1.82, 2.24) is 20.5 Å². The highest BCUT2D eigenvalue weighted by atomic mass is 35.5. The van der Waals surface area contributed by atoms with Crippen LogP contribution >= 0.6 is 23.4 Å². The molecule has 1 aromatic carbocycles. The summed E-state index contributed by atoms with van der Waals surface area (Å²) in [5.74, 6) is 2.24. The SMILES string of the molecule is C=CC1C[C@@]1(C=O)NC(=O)C1C[C@@H](Oc2cc(C3=NC(C(C)C)CS3)nc3c(Cl)c(OC)ccc23)CN1C(=O)C(NC(=O)OC1C[C@@H]2C[C@@H]2C1)C(C)(C)C. The minimum absolute atomic E-state index is 0.0410. The predicted molar refractivity (Wildman–Crippen MR) is 208 cm³/mol. The summed E-state index contributed by atoms with van der Waals surface area (Å²) in [6.07, 6.45) is 4.38. The predicted octanol–water partition coefficient (Wildman–Crippen LogP) is 5.96. The second kappa shape index (κ2) is 14.7. The van der Waals surface area contributed by atoms with Crippen molar-refractivity contribution >= 4 is 63.5 Å². The van der Waals surface area contributed by atoms with Gasteiger partial charge in [-0.1, -0.05) is 52.3 Å². The van der Waals surface area contributed by atoms with Crippen molar-refractivity contribution in [3.8, 4) is 11.5 Å². The van der Waals surface area contributed by atoms with Gasteiger partial charge in [-0.15, -0.1) is 18.3 Å². The van der Waals surface area contributed by atoms with E-state index in [1.54, 1.807) is 23.9 Å². The zero-order chi connectivity index (χ0) is 38.7. The van der Waals surface area contributed by atoms with Crippen molar-refractivity contribution in [1.29, 1.82) is 0 Å². The molecule has 1 aromatic heterocycles. The normalized spacial score (nSPS) is 30.3. The Hall–Kier alpha value is -3.84. The van der Waals surface area contributed by atoms with E-state index in [-0.39, 0.29) is 31.0 Å². The first-order valence-electron chi connectivity index (χ1n) is 18.9. The summed E-state index contributed by atoms with van der Waals surface area (Å²) in [6, 6.07) is 3.55. The van der Waals surface area contributed by atoms with Gasteiger partial charge in [0.05, 0.1) is 30.9 Å². The molecule has 1 saturated heterocycles. The number of benzene rings is 1. The summed E-state index contributed by atoms with van der Waals surface area (Å²) in [6.45, 7) is 13.7. The summed E-state index contributed by atoms with van der Waals surface area (Å²) >= 11 is 8.45. The highest BCUT2D eigenvalue weighted by Crippen LogP contribution is 2.52. The minimum Gasteiger partial charge on any atom is -0.495 e. The molecule has 4 fully saturated rings. The maximum absolute atomic E-state index is 14.6. The number of rotatable bonds is 12. The van der Waals surface area contributed by atoms with Crippen LogP contribution in [0.4, 0.5) is 4.79 Å². The molecule has 0 spiro atoms. The number of alkyl carbamates (subject to hydrolysis) is 1. The minimum atomic E-state index is -1.07. The van der Waals surface area contributed by atoms with Gasteiger partial charge in [0.2, 0.25) is 11.8 Å². The van der Waals surface area contributed by atoms with Crippen LogP contribution in [0, 0.1) is 29.1 Å². The lowest BCUT2D eigenvalue weighted by Crippen LogP contribution is -2.59. The second-order valence-electron chi connectivity index (χ2n) is 16.9. The molecule has 2 aliphatic heterocycles. The van der Waals surface area contributed by atoms with Gasteiger partial charge in [-0.25, -0.2) is 9.78 Å². The van der Waals surface area contributed by atoms with Gasteiger partial charge in [-0.3, -0.25) is 14.6 Å². The Bertz CT molecular complexity index is 1890. The summed E-state index contributed by atoms with van der Waals surface area (Å²) in [4.78, 5) is 65.5. The van der Waals surface area contributed by atoms with Crippen LogP contribution in [0.1, 0.15) is 72.4 Å². The van der Waals surface area contributed by atoms with Crippen LogP contribution in [0.25, 0.3) is 10.9 Å². The van der Waals surface area contributed by atoms with Crippen molar-refractivity contribution in [3.63, 3.8) is 0 Å². The lowest BCUT2D eigenvalue weighted by Gasteiger charge is -2.35. The van der Waals surface area contributed by atoms with Crippen LogP contribution in [0.5, 0.6) is 11.5 Å². The van der Waals surface area contributed by atoms with Crippen LogP contribution in [0.2, 0.25) is 5.02 Å². The number of nitrogens with zero attached hydrogens (tertiary/aromatic N) is 3. The molecule has 3 aliphatic carbocycles. The lowest BCUT2D eigenvalue weighted by atomic mass is 9.85. The molecule has 7 rings (SSSR count). The quantitative estimate of drug-likeness (QED) is 0.197. The molecule has 5 unspecified atom stereocenters. The maximum atomic E-state index is 14.6. The third-order valence-electron chi connectivity index (χ3n) is 11.6. The van der Waals surface area contributed by atoms with Gasteiger partial charge < -0.3 is 34.5 Å². The monoisotopic (exact) mass is 779 g/mol. The number of pyridine rings is 1. The Morgan fingerprint density at radius 1 is 1.11 bits per heavy atom. The fourth-order valence-corrected chi connectivity index (χ4v) is 9.63. The number of aldehydes is 1. The molecule has 0 radical (unpaired) electrons. The first-order valence-corrected chi connectivity index (χ1v) is 20.2. The molecule has 14 heteroatoms. The molecule has 12 nitrogen and oxygen atoms in total. The number of likely N-dealkylation sites (tertiary alicyclic amines) is 1. The van der Waals surface area contributed by atoms with E-state index < -0.39 is 47.0 Å². The third kappa shape index (κ3) is 7.54. The fraction of sp³-hybridized carbons (Fsp3) is 0.600. The van der Waals surface area contributed by atoms with Gasteiger partial charge in [0.1, 0.15) is 57.7 Å². The molecular formula is C40H50ClN5O7S. The Labute approximate surface area is 325 Å². The molecule has 290 valence electrons. The Morgan fingerprint density at radius 3 is 2.46 bits per heavy atom. The molecule has 0 bridgehead atoms. The van der Waals surface area contributed by atoms with Crippen LogP contribution in [0.3, 0.4) is 0 Å². The van der Waals surface area contributed by atoms with Gasteiger partial charge in [0.25, 0.3) is 0 Å². The molecule has 3 saturated carbocycles. The summed E-state index contributed by atoms with van der Waals surface area (Å²) in [7, 11) is 1.54. The van der Waals surface area contributed by atoms with Crippen LogP contribution in [-0.4, -0.2) is 94.4 Å². The zero-order valence-electron chi connectivity index (χ0n) is 31.7. The van der Waals surface area contributed by atoms with Gasteiger partial charge in [-0.05, 0) is 61.0 Å². The van der Waals surface area contributed by atoms with Gasteiger partial charge in [0.15, 0.2) is 0 Å². The van der Waals surface area contributed by atoms with Gasteiger partial charge in [-0.2, -0.15) is 0 Å². The van der Waals surface area contributed by atoms with E-state index in [1.807, 2.05) is 32.9 Å². The van der Waals surface area contributed by atoms with E-state index in [9.17, 15) is 19.2 Å². The van der Waals surface area contributed by atoms with E-state index >= 15 is 0 Å². The molecule has 54 heavy (non-hydrogen) atoms. The number of thioether (sulfide) groups is 1. The number of nitrogens with one attached hydrogen (secondary N) is 2. The number of methoxy groups -OCH3 is 1. The summed E-state index contributed by atoms with van der Waals surface area (Å²) in [5, 5.41) is 7.50. The number of ether oxygens (including phenoxy) is 3. The molecule has 2 N–H and O–H groups in total. The van der Waals surface area contributed by atoms with Gasteiger partial charge >= 0.3 is 6.09 Å². The summed E-state index contributed by atoms with van der Waals surface area (Å²) < 4.78 is 18.0. The molecule has 9 atom stereocenters. The first kappa shape index (κ1) is 38.4. The van der Waals surface area contributed by atoms with Crippen molar-refractivity contribution < 1.29 is 33.4 Å². The third-order valence-corrected chi connectivity index (χ3v) is 13.1. The Morgan fingerprint density at radius 2 is 1.85 bits per heavy atom. The van der Waals surface area contributed by atoms with Crippen molar-refractivity contribution in [2.24, 2.45) is 34.1 Å². The standard InChI is InChI=1S/C40H50ClN5O7S/c1-8-23-16-40(23,19-47)45-35(48)29-14-25(17-46(29)37(49)34(39(4,5)6)44-38(50)53-24-12-21-11-22(21)13-24)52-31-15-27(36-43-28(18-54-36)20(2)3)42-33-26(31)9-10-30(51-7)32(33)41/h8-10,15,19-25,28-29,34H,1,11-14,16-18H2,2-7H3,(H,44,50)(H,45,48)/t21-,22+,23?,24?,25-,28?,29?,34?,40+/m1/s1. The average Bonchev–Trinajstić information content (AvgIpc) is 3.75. The van der Waals surface area contributed by atoms with E-state index in [2.05, 4.69) is 31.1 Å². The van der Waals surface area contributed by atoms with E-state index in [0.717, 1.165) is 29.9 Å². The highest BCUT2D eigenvalue weighted by Gasteiger charge is 2.56. The zero-order valence-corrected chi connectivity index (χ0v) is 33.3.